The number of nitrogens with zero attached hydrogens (tertiary/aromatic N) is 3. The molecule has 2 fully saturated rings. The molecule has 0 radical (unpaired) electrons. The van der Waals surface area contributed by atoms with Crippen LogP contribution < -0.4 is 0 Å². The molecule has 0 bridgehead atoms. The first-order valence-electron chi connectivity index (χ1n) is 9.24. The second-order valence-corrected chi connectivity index (χ2v) is 9.13. The molecule has 1 aromatic carbocycles. The van der Waals surface area contributed by atoms with Crippen LogP contribution in [0.5, 0.6) is 0 Å². The van der Waals surface area contributed by atoms with E-state index < -0.39 is 76.7 Å². The fourth-order valence-electron chi connectivity index (χ4n) is 3.76. The van der Waals surface area contributed by atoms with Gasteiger partial charge in [0.15, 0.2) is 6.29 Å². The summed E-state index contributed by atoms with van der Waals surface area (Å²) >= 11 is 0. The monoisotopic (exact) mass is 493 g/mol. The van der Waals surface area contributed by atoms with E-state index in [9.17, 15) is 25.9 Å². The molecule has 7 atom stereocenters. The summed E-state index contributed by atoms with van der Waals surface area (Å²) in [6, 6.07) is 7.43. The minimum atomic E-state index is -5.29. The Morgan fingerprint density at radius 2 is 1.84 bits per heavy atom. The summed E-state index contributed by atoms with van der Waals surface area (Å²) in [5.41, 5.74) is 9.46. The molecule has 0 spiro atoms. The number of rotatable bonds is 8. The van der Waals surface area contributed by atoms with E-state index in [1.54, 1.807) is 37.3 Å². The van der Waals surface area contributed by atoms with Crippen LogP contribution in [0.15, 0.2) is 35.4 Å². The Morgan fingerprint density at radius 3 is 2.44 bits per heavy atom. The van der Waals surface area contributed by atoms with Crippen molar-refractivity contribution < 1.29 is 48.5 Å². The molecule has 3 rings (SSSR count). The van der Waals surface area contributed by atoms with Crippen molar-refractivity contribution in [3.8, 4) is 0 Å². The van der Waals surface area contributed by atoms with E-state index in [1.165, 1.54) is 0 Å². The highest BCUT2D eigenvalue weighted by Crippen LogP contribution is 2.41. The summed E-state index contributed by atoms with van der Waals surface area (Å²) < 4.78 is 93.2. The van der Waals surface area contributed by atoms with Crippen LogP contribution in [0.1, 0.15) is 18.8 Å². The highest BCUT2D eigenvalue weighted by atomic mass is 32.3. The van der Waals surface area contributed by atoms with Gasteiger partial charge >= 0.3 is 0 Å². The topological polar surface area (TPSA) is 209 Å². The maximum Gasteiger partial charge on any atom is 0.217 e. The lowest BCUT2D eigenvalue weighted by Crippen LogP contribution is -2.57. The molecule has 16 heteroatoms. The van der Waals surface area contributed by atoms with Crippen molar-refractivity contribution in [1.29, 1.82) is 0 Å². The molecule has 14 nitrogen and oxygen atoms in total. The van der Waals surface area contributed by atoms with Gasteiger partial charge in [-0.15, -0.1) is 0 Å². The van der Waals surface area contributed by atoms with Crippen molar-refractivity contribution in [2.75, 3.05) is 13.2 Å². The summed E-state index contributed by atoms with van der Waals surface area (Å²) in [4.78, 5) is 2.61. The van der Waals surface area contributed by atoms with E-state index in [0.29, 0.717) is 5.56 Å². The number of azide groups is 1. The Kier molecular flexibility index (Phi) is 7.72. The SMILES string of the molecule is CC1OC(c2ccccc2)OC1[C@H]1C(COS(=O)(=O)[O-])OCC(N=[N+]=[N-])[C@H]1OS(=O)(=O)[O-]. The number of benzene rings is 1. The molecule has 0 amide bonds. The second kappa shape index (κ2) is 9.96. The van der Waals surface area contributed by atoms with Gasteiger partial charge in [-0.05, 0) is 12.5 Å². The fourth-order valence-corrected chi connectivity index (χ4v) is 4.59. The summed E-state index contributed by atoms with van der Waals surface area (Å²) in [6.45, 7) is 0.342. The molecule has 0 saturated carbocycles. The standard InChI is InChI=1S/C16H21N3O11S2/c1-9-14(29-16(28-9)10-5-3-2-4-6-10)13-12(8-27-31(20,21)22)26-7-11(18-19-17)15(13)30-32(23,24)25/h2-6,9,11-16H,7-8H2,1H3,(H,20,21,22)(H,23,24,25)/p-2/t9?,11?,12?,13-,14?,15-,16?/m1/s1. The average Bonchev–Trinajstić information content (AvgIpc) is 3.08. The largest absolute Gasteiger partial charge is 0.726 e. The third-order valence-electron chi connectivity index (χ3n) is 5.01. The third kappa shape index (κ3) is 6.35. The van der Waals surface area contributed by atoms with Gasteiger partial charge in [-0.1, -0.05) is 35.4 Å². The molecule has 178 valence electrons. The van der Waals surface area contributed by atoms with Gasteiger partial charge in [0.25, 0.3) is 0 Å². The maximum atomic E-state index is 11.4. The van der Waals surface area contributed by atoms with Crippen molar-refractivity contribution >= 4 is 20.8 Å². The molecular formula is C16H19N3O11S2-2. The van der Waals surface area contributed by atoms with Crippen LogP contribution in [0.4, 0.5) is 0 Å². The third-order valence-corrected chi connectivity index (χ3v) is 5.89. The smallest absolute Gasteiger partial charge is 0.217 e. The number of hydrogen-bond acceptors (Lipinski definition) is 12. The lowest BCUT2D eigenvalue weighted by atomic mass is 9.82. The molecule has 2 aliphatic heterocycles. The van der Waals surface area contributed by atoms with Crippen LogP contribution in [0.3, 0.4) is 0 Å². The first kappa shape index (κ1) is 24.8. The summed E-state index contributed by atoms with van der Waals surface area (Å²) in [5, 5.41) is 3.43. The van der Waals surface area contributed by atoms with Crippen molar-refractivity contribution in [3.63, 3.8) is 0 Å². The van der Waals surface area contributed by atoms with Gasteiger partial charge in [0, 0.05) is 16.4 Å². The second-order valence-electron chi connectivity index (χ2n) is 7.07. The van der Waals surface area contributed by atoms with E-state index in [4.69, 9.17) is 19.7 Å². The highest BCUT2D eigenvalue weighted by Gasteiger charge is 2.52. The van der Waals surface area contributed by atoms with Gasteiger partial charge in [-0.2, -0.15) is 0 Å². The fraction of sp³-hybridized carbons (Fsp3) is 0.625. The van der Waals surface area contributed by atoms with E-state index in [0.717, 1.165) is 0 Å². The number of hydrogen-bond donors (Lipinski definition) is 0. The van der Waals surface area contributed by atoms with Crippen LogP contribution in [0.2, 0.25) is 0 Å². The predicted molar refractivity (Wildman–Crippen MR) is 101 cm³/mol. The molecule has 2 heterocycles. The molecule has 32 heavy (non-hydrogen) atoms. The van der Waals surface area contributed by atoms with Crippen LogP contribution in [0, 0.1) is 5.92 Å². The minimum absolute atomic E-state index is 0.433. The zero-order chi connectivity index (χ0) is 23.5. The first-order chi connectivity index (χ1) is 15.0. The Hall–Kier alpha value is -1.85. The van der Waals surface area contributed by atoms with E-state index >= 15 is 0 Å². The van der Waals surface area contributed by atoms with Crippen LogP contribution in [-0.2, 0) is 43.4 Å². The summed E-state index contributed by atoms with van der Waals surface area (Å²) in [6.07, 6.45) is -5.51. The Labute approximate surface area is 183 Å². The van der Waals surface area contributed by atoms with Gasteiger partial charge in [0.2, 0.25) is 20.8 Å². The lowest BCUT2D eigenvalue weighted by Gasteiger charge is -2.43. The highest BCUT2D eigenvalue weighted by molar-refractivity contribution is 7.81. The predicted octanol–water partition coefficient (Wildman–Crippen LogP) is 0.505. The maximum absolute atomic E-state index is 11.4. The molecule has 2 saturated heterocycles. The average molecular weight is 493 g/mol. The van der Waals surface area contributed by atoms with Gasteiger partial charge in [-0.25, -0.2) is 16.8 Å². The summed E-state index contributed by atoms with van der Waals surface area (Å²) in [5.74, 6) is -1.23. The molecular weight excluding hydrogens is 474 g/mol. The molecule has 0 N–H and O–H groups in total. The lowest BCUT2D eigenvalue weighted by molar-refractivity contribution is -0.156. The van der Waals surface area contributed by atoms with Gasteiger partial charge in [0.1, 0.15) is 0 Å². The normalized spacial score (nSPS) is 33.5. The van der Waals surface area contributed by atoms with E-state index in [2.05, 4.69) is 18.4 Å². The number of ether oxygens (including phenoxy) is 3. The van der Waals surface area contributed by atoms with Gasteiger partial charge in [0.05, 0.1) is 43.7 Å². The van der Waals surface area contributed by atoms with Crippen molar-refractivity contribution in [2.24, 2.45) is 11.0 Å². The van der Waals surface area contributed by atoms with E-state index in [-0.39, 0.29) is 0 Å². The molecule has 0 aromatic heterocycles. The Morgan fingerprint density at radius 1 is 1.16 bits per heavy atom. The first-order valence-corrected chi connectivity index (χ1v) is 11.9. The minimum Gasteiger partial charge on any atom is -0.726 e. The van der Waals surface area contributed by atoms with Crippen LogP contribution >= 0.6 is 0 Å². The zero-order valence-corrected chi connectivity index (χ0v) is 18.1. The quantitative estimate of drug-likeness (QED) is 0.160. The van der Waals surface area contributed by atoms with Crippen molar-refractivity contribution in [2.45, 2.75) is 43.7 Å². The van der Waals surface area contributed by atoms with E-state index in [1.807, 2.05) is 0 Å². The molecule has 1 aromatic rings. The van der Waals surface area contributed by atoms with Gasteiger partial charge < -0.3 is 23.3 Å². The Balaban J connectivity index is 1.96. The Bertz CT molecular complexity index is 1050. The van der Waals surface area contributed by atoms with Crippen LogP contribution in [-0.4, -0.2) is 69.6 Å². The van der Waals surface area contributed by atoms with Crippen molar-refractivity contribution in [1.82, 2.24) is 0 Å². The van der Waals surface area contributed by atoms with Crippen LogP contribution in [0.25, 0.3) is 10.4 Å². The summed E-state index contributed by atoms with van der Waals surface area (Å²) in [7, 11) is -10.4. The molecule has 0 aliphatic carbocycles. The molecule has 2 aliphatic rings. The van der Waals surface area contributed by atoms with Gasteiger partial charge in [-0.3, -0.25) is 8.37 Å². The van der Waals surface area contributed by atoms with Crippen molar-refractivity contribution in [3.05, 3.63) is 46.3 Å². The zero-order valence-electron chi connectivity index (χ0n) is 16.5. The molecule has 5 unspecified atom stereocenters.